The number of aromatic nitrogens is 5. The largest absolute Gasteiger partial charge is 0.391 e. The number of anilines is 1. The molecule has 2 bridgehead atoms. The van der Waals surface area contributed by atoms with Crippen LogP contribution in [0.15, 0.2) is 54.9 Å². The fourth-order valence-corrected chi connectivity index (χ4v) is 6.49. The number of pyridine rings is 1. The third-order valence-electron chi connectivity index (χ3n) is 8.70. The van der Waals surface area contributed by atoms with Crippen LogP contribution in [0, 0.1) is 17.0 Å². The fraction of sp³-hybridized carbons (Fsp3) is 0.367. The number of halogens is 2. The van der Waals surface area contributed by atoms with Gasteiger partial charge in [-0.2, -0.15) is 5.10 Å². The van der Waals surface area contributed by atoms with Crippen molar-refractivity contribution in [2.45, 2.75) is 57.5 Å². The van der Waals surface area contributed by atoms with Crippen molar-refractivity contribution >= 4 is 5.95 Å². The Morgan fingerprint density at radius 1 is 1.03 bits per heavy atom. The van der Waals surface area contributed by atoms with E-state index in [-0.39, 0.29) is 22.6 Å². The maximum atomic E-state index is 14.6. The summed E-state index contributed by atoms with van der Waals surface area (Å²) in [5.74, 6) is -0.696. The lowest BCUT2D eigenvalue weighted by molar-refractivity contribution is 0.183. The van der Waals surface area contributed by atoms with Crippen molar-refractivity contribution in [2.24, 2.45) is 5.41 Å². The zero-order chi connectivity index (χ0) is 27.4. The molecule has 6 rings (SSSR count). The van der Waals surface area contributed by atoms with Gasteiger partial charge in [-0.25, -0.2) is 18.7 Å². The topological polar surface area (TPSA) is 96.7 Å². The van der Waals surface area contributed by atoms with Crippen molar-refractivity contribution in [3.63, 3.8) is 0 Å². The Balaban J connectivity index is 1.38. The van der Waals surface area contributed by atoms with Gasteiger partial charge in [0.05, 0.1) is 39.9 Å². The third kappa shape index (κ3) is 3.90. The Morgan fingerprint density at radius 3 is 2.46 bits per heavy atom. The second-order valence-corrected chi connectivity index (χ2v) is 11.0. The molecule has 0 saturated heterocycles. The summed E-state index contributed by atoms with van der Waals surface area (Å²) in [5.41, 5.74) is 3.57. The van der Waals surface area contributed by atoms with Gasteiger partial charge in [0, 0.05) is 24.5 Å². The van der Waals surface area contributed by atoms with E-state index in [9.17, 15) is 13.9 Å². The summed E-state index contributed by atoms with van der Waals surface area (Å²) in [6, 6.07) is 11.6. The molecular weight excluding hydrogens is 498 g/mol. The average molecular weight is 529 g/mol. The lowest BCUT2D eigenvalue weighted by Gasteiger charge is -2.37. The maximum Gasteiger partial charge on any atom is 0.222 e. The first kappa shape index (κ1) is 25.4. The summed E-state index contributed by atoms with van der Waals surface area (Å²) in [5, 5.41) is 21.8. The van der Waals surface area contributed by atoms with Crippen LogP contribution in [-0.2, 0) is 5.41 Å². The fourth-order valence-electron chi connectivity index (χ4n) is 6.49. The highest BCUT2D eigenvalue weighted by molar-refractivity contribution is 5.65. The van der Waals surface area contributed by atoms with Crippen molar-refractivity contribution in [1.29, 1.82) is 0 Å². The Morgan fingerprint density at radius 2 is 1.74 bits per heavy atom. The third-order valence-corrected chi connectivity index (χ3v) is 8.70. The van der Waals surface area contributed by atoms with Gasteiger partial charge in [0.15, 0.2) is 0 Å². The van der Waals surface area contributed by atoms with E-state index in [1.54, 1.807) is 12.4 Å². The predicted molar refractivity (Wildman–Crippen MR) is 144 cm³/mol. The molecule has 3 aromatic heterocycles. The summed E-state index contributed by atoms with van der Waals surface area (Å²) in [4.78, 5) is 13.9. The van der Waals surface area contributed by atoms with E-state index in [1.165, 1.54) is 18.2 Å². The Labute approximate surface area is 225 Å². The number of benzene rings is 1. The monoisotopic (exact) mass is 528 g/mol. The van der Waals surface area contributed by atoms with Gasteiger partial charge in [-0.3, -0.25) is 4.98 Å². The van der Waals surface area contributed by atoms with E-state index in [0.29, 0.717) is 18.9 Å². The minimum atomic E-state index is -0.652. The first-order chi connectivity index (χ1) is 18.8. The highest BCUT2D eigenvalue weighted by atomic mass is 19.1. The van der Waals surface area contributed by atoms with Crippen LogP contribution in [0.3, 0.4) is 0 Å². The van der Waals surface area contributed by atoms with Gasteiger partial charge in [-0.1, -0.05) is 32.9 Å². The van der Waals surface area contributed by atoms with Crippen molar-refractivity contribution in [3.8, 4) is 22.5 Å². The van der Waals surface area contributed by atoms with Gasteiger partial charge in [0.2, 0.25) is 5.95 Å². The van der Waals surface area contributed by atoms with Crippen LogP contribution in [0.4, 0.5) is 14.7 Å². The van der Waals surface area contributed by atoms with Gasteiger partial charge in [-0.05, 0) is 66.5 Å². The minimum Gasteiger partial charge on any atom is -0.391 e. The number of rotatable bonds is 7. The number of hydrogen-bond acceptors (Lipinski definition) is 7. The van der Waals surface area contributed by atoms with E-state index in [0.717, 1.165) is 41.1 Å². The highest BCUT2D eigenvalue weighted by Crippen LogP contribution is 2.69. The van der Waals surface area contributed by atoms with Gasteiger partial charge < -0.3 is 10.4 Å². The lowest BCUT2D eigenvalue weighted by Crippen LogP contribution is -2.37. The van der Waals surface area contributed by atoms with Crippen molar-refractivity contribution in [2.75, 3.05) is 11.9 Å². The molecule has 3 heterocycles. The van der Waals surface area contributed by atoms with Crippen LogP contribution in [0.2, 0.25) is 0 Å². The molecule has 39 heavy (non-hydrogen) atoms. The Hall–Kier alpha value is -3.85. The molecule has 1 aromatic carbocycles. The smallest absolute Gasteiger partial charge is 0.222 e. The summed E-state index contributed by atoms with van der Waals surface area (Å²) < 4.78 is 29.1. The zero-order valence-electron chi connectivity index (χ0n) is 22.1. The van der Waals surface area contributed by atoms with Crippen LogP contribution in [0.1, 0.15) is 62.9 Å². The highest BCUT2D eigenvalue weighted by Gasteiger charge is 2.65. The van der Waals surface area contributed by atoms with Gasteiger partial charge in [-0.15, -0.1) is 5.10 Å². The standard InChI is InChI=1S/C30H30F2N6O/c1-4-18(39)16-35-28-33-14-17(15-34-28)23-9-6-10-25(36-23)30-12-11-20(29(30,2)3)19-13-24(37-38-27(19)30)26-21(31)7-5-8-22(26)32/h5-10,13-15,18,20,39H,4,11-12,16H2,1-3H3,(H,33,34,35)/t18?,20-,30-/m0/s1. The van der Waals surface area contributed by atoms with Gasteiger partial charge in [0.1, 0.15) is 11.6 Å². The molecule has 1 unspecified atom stereocenters. The average Bonchev–Trinajstić information content (AvgIpc) is 3.33. The molecule has 1 fully saturated rings. The first-order valence-electron chi connectivity index (χ1n) is 13.3. The Bertz CT molecular complexity index is 1520. The summed E-state index contributed by atoms with van der Waals surface area (Å²) >= 11 is 0. The molecule has 2 aliphatic carbocycles. The molecule has 0 radical (unpaired) electrons. The number of hydrogen-bond donors (Lipinski definition) is 2. The molecule has 0 aliphatic heterocycles. The second kappa shape index (κ2) is 9.41. The molecule has 2 N–H and O–H groups in total. The molecule has 0 spiro atoms. The van der Waals surface area contributed by atoms with Crippen LogP contribution in [-0.4, -0.2) is 42.9 Å². The first-order valence-corrected chi connectivity index (χ1v) is 13.3. The van der Waals surface area contributed by atoms with E-state index >= 15 is 0 Å². The molecule has 2 aliphatic rings. The minimum absolute atomic E-state index is 0.148. The quantitative estimate of drug-likeness (QED) is 0.320. The summed E-state index contributed by atoms with van der Waals surface area (Å²) in [6.45, 7) is 6.74. The van der Waals surface area contributed by atoms with Crippen LogP contribution < -0.4 is 5.32 Å². The Kier molecular flexibility index (Phi) is 6.14. The molecule has 3 atom stereocenters. The van der Waals surface area contributed by atoms with Gasteiger partial charge >= 0.3 is 0 Å². The molecular formula is C30H30F2N6O. The SMILES string of the molecule is CCC(O)CNc1ncc(-c2cccc([C@@]34CC[C@@H](c5cc(-c6c(F)cccc6F)nnc53)C4(C)C)n2)cn1. The van der Waals surface area contributed by atoms with Crippen molar-refractivity contribution in [1.82, 2.24) is 25.1 Å². The van der Waals surface area contributed by atoms with E-state index < -0.39 is 23.2 Å². The number of nitrogens with one attached hydrogen (secondary N) is 1. The molecule has 7 nitrogen and oxygen atoms in total. The predicted octanol–water partition coefficient (Wildman–Crippen LogP) is 5.66. The van der Waals surface area contributed by atoms with Crippen LogP contribution >= 0.6 is 0 Å². The number of aliphatic hydroxyl groups is 1. The van der Waals surface area contributed by atoms with Crippen molar-refractivity contribution in [3.05, 3.63) is 83.4 Å². The lowest BCUT2D eigenvalue weighted by atomic mass is 9.66. The summed E-state index contributed by atoms with van der Waals surface area (Å²) in [6.07, 6.45) is 5.41. The molecule has 1 saturated carbocycles. The molecule has 200 valence electrons. The van der Waals surface area contributed by atoms with Crippen LogP contribution in [0.25, 0.3) is 22.5 Å². The number of nitrogens with zero attached hydrogens (tertiary/aromatic N) is 5. The van der Waals surface area contributed by atoms with Crippen molar-refractivity contribution < 1.29 is 13.9 Å². The zero-order valence-corrected chi connectivity index (χ0v) is 22.1. The number of fused-ring (bicyclic) bond motifs is 5. The molecule has 0 amide bonds. The van der Waals surface area contributed by atoms with E-state index in [1.807, 2.05) is 31.2 Å². The van der Waals surface area contributed by atoms with E-state index in [4.69, 9.17) is 4.98 Å². The normalized spacial score (nSPS) is 21.5. The van der Waals surface area contributed by atoms with E-state index in [2.05, 4.69) is 39.3 Å². The van der Waals surface area contributed by atoms with Crippen LogP contribution in [0.5, 0.6) is 0 Å². The summed E-state index contributed by atoms with van der Waals surface area (Å²) in [7, 11) is 0. The maximum absolute atomic E-state index is 14.6. The van der Waals surface area contributed by atoms with Gasteiger partial charge in [0.25, 0.3) is 0 Å². The number of aliphatic hydroxyl groups excluding tert-OH is 1. The molecule has 4 aromatic rings. The molecule has 9 heteroatoms. The second-order valence-electron chi connectivity index (χ2n) is 11.0.